The van der Waals surface area contributed by atoms with E-state index in [9.17, 15) is 0 Å². The Morgan fingerprint density at radius 1 is 0.962 bits per heavy atom. The summed E-state index contributed by atoms with van der Waals surface area (Å²) in [5.74, 6) is 2.77. The van der Waals surface area contributed by atoms with E-state index in [-0.39, 0.29) is 16.2 Å². The first-order chi connectivity index (χ1) is 11.9. The third-order valence-corrected chi connectivity index (χ3v) is 6.15. The summed E-state index contributed by atoms with van der Waals surface area (Å²) in [5.41, 5.74) is -0.231. The summed E-state index contributed by atoms with van der Waals surface area (Å²) in [4.78, 5) is 4.76. The van der Waals surface area contributed by atoms with Gasteiger partial charge in [0, 0.05) is 22.2 Å². The molecule has 2 aromatic heterocycles. The van der Waals surface area contributed by atoms with Crippen molar-refractivity contribution in [3.05, 3.63) is 22.6 Å². The van der Waals surface area contributed by atoms with Crippen LogP contribution in [0, 0.1) is 0 Å². The molecule has 1 atom stereocenters. The van der Waals surface area contributed by atoms with Crippen molar-refractivity contribution in [2.45, 2.75) is 104 Å². The van der Waals surface area contributed by atoms with Gasteiger partial charge in [0.25, 0.3) is 0 Å². The molecular weight excluding hydrogens is 344 g/mol. The Kier molecular flexibility index (Phi) is 5.96. The fourth-order valence-electron chi connectivity index (χ4n) is 2.47. The lowest BCUT2D eigenvalue weighted by Crippen LogP contribution is -2.19. The van der Waals surface area contributed by atoms with Crippen molar-refractivity contribution in [3.8, 4) is 0 Å². The van der Waals surface area contributed by atoms with Crippen molar-refractivity contribution in [3.63, 3.8) is 0 Å². The maximum absolute atomic E-state index is 6.04. The maximum atomic E-state index is 6.04. The van der Waals surface area contributed by atoms with Gasteiger partial charge < -0.3 is 4.42 Å². The highest BCUT2D eigenvalue weighted by Crippen LogP contribution is 2.35. The van der Waals surface area contributed by atoms with Crippen molar-refractivity contribution in [1.82, 2.24) is 19.6 Å². The molecule has 0 bridgehead atoms. The van der Waals surface area contributed by atoms with E-state index >= 15 is 0 Å². The summed E-state index contributed by atoms with van der Waals surface area (Å²) < 4.78 is 10.6. The average molecular weight is 379 g/mol. The van der Waals surface area contributed by atoms with Crippen LogP contribution in [0.15, 0.2) is 4.42 Å². The smallest absolute Gasteiger partial charge is 0.222 e. The largest absolute Gasteiger partial charge is 0.424 e. The van der Waals surface area contributed by atoms with Gasteiger partial charge in [0.2, 0.25) is 11.8 Å². The lowest BCUT2D eigenvalue weighted by molar-refractivity contribution is 0.290. The SMILES string of the molecule is CCC(C)(C)c1nnc(C(C)(C)CCC(C)c2nc(C(C)(C)C)ns2)o1. The second-order valence-electron chi connectivity index (χ2n) is 9.68. The first-order valence-corrected chi connectivity index (χ1v) is 10.3. The van der Waals surface area contributed by atoms with Crippen LogP contribution in [0.4, 0.5) is 0 Å². The minimum atomic E-state index is -0.152. The zero-order chi connectivity index (χ0) is 19.8. The van der Waals surface area contributed by atoms with Gasteiger partial charge in [0.05, 0.1) is 0 Å². The lowest BCUT2D eigenvalue weighted by atomic mass is 9.85. The molecule has 1 unspecified atom stereocenters. The van der Waals surface area contributed by atoms with E-state index in [0.29, 0.717) is 5.92 Å². The topological polar surface area (TPSA) is 64.7 Å². The van der Waals surface area contributed by atoms with E-state index in [1.54, 1.807) is 0 Å². The molecule has 0 spiro atoms. The fraction of sp³-hybridized carbons (Fsp3) is 0.800. The minimum absolute atomic E-state index is 0.0000192. The number of aromatic nitrogens is 4. The standard InChI is InChI=1S/C20H34N4OS/c1-10-19(6,7)16-22-23-17(25-16)20(8,9)12-11-13(2)14-21-15(24-26-14)18(3,4)5/h13H,10-12H2,1-9H3. The molecule has 5 nitrogen and oxygen atoms in total. The number of nitrogens with zero attached hydrogens (tertiary/aromatic N) is 4. The Balaban J connectivity index is 2.04. The first-order valence-electron chi connectivity index (χ1n) is 9.55. The average Bonchev–Trinajstić information content (AvgIpc) is 3.21. The van der Waals surface area contributed by atoms with Crippen LogP contribution in [0.1, 0.15) is 110 Å². The highest BCUT2D eigenvalue weighted by molar-refractivity contribution is 7.05. The molecule has 0 saturated carbocycles. The van der Waals surface area contributed by atoms with Crippen LogP contribution in [0.5, 0.6) is 0 Å². The predicted molar refractivity (Wildman–Crippen MR) is 107 cm³/mol. The molecule has 0 aliphatic carbocycles. The van der Waals surface area contributed by atoms with E-state index in [0.717, 1.165) is 41.9 Å². The highest BCUT2D eigenvalue weighted by atomic mass is 32.1. The van der Waals surface area contributed by atoms with E-state index in [2.05, 4.69) is 76.9 Å². The van der Waals surface area contributed by atoms with Crippen LogP contribution >= 0.6 is 11.5 Å². The van der Waals surface area contributed by atoms with Crippen molar-refractivity contribution in [2.24, 2.45) is 0 Å². The second-order valence-corrected chi connectivity index (χ2v) is 10.5. The van der Waals surface area contributed by atoms with Crippen LogP contribution in [-0.4, -0.2) is 19.6 Å². The monoisotopic (exact) mass is 378 g/mol. The molecule has 146 valence electrons. The number of hydrogen-bond donors (Lipinski definition) is 0. The lowest BCUT2D eigenvalue weighted by Gasteiger charge is -2.22. The van der Waals surface area contributed by atoms with Crippen LogP contribution in [0.25, 0.3) is 0 Å². The molecule has 0 radical (unpaired) electrons. The van der Waals surface area contributed by atoms with Crippen molar-refractivity contribution in [1.29, 1.82) is 0 Å². The molecule has 6 heteroatoms. The van der Waals surface area contributed by atoms with Gasteiger partial charge >= 0.3 is 0 Å². The molecule has 0 aliphatic rings. The van der Waals surface area contributed by atoms with Gasteiger partial charge in [-0.2, -0.15) is 4.37 Å². The molecule has 2 aromatic rings. The highest BCUT2D eigenvalue weighted by Gasteiger charge is 2.32. The Morgan fingerprint density at radius 2 is 1.54 bits per heavy atom. The third-order valence-electron chi connectivity index (χ3n) is 5.20. The Hall–Kier alpha value is -1.30. The molecule has 0 aromatic carbocycles. The summed E-state index contributed by atoms with van der Waals surface area (Å²) >= 11 is 1.53. The molecule has 2 heterocycles. The molecule has 0 fully saturated rings. The zero-order valence-electron chi connectivity index (χ0n) is 17.8. The van der Waals surface area contributed by atoms with Gasteiger partial charge in [-0.25, -0.2) is 4.98 Å². The van der Waals surface area contributed by atoms with Gasteiger partial charge in [-0.05, 0) is 30.8 Å². The molecule has 26 heavy (non-hydrogen) atoms. The predicted octanol–water partition coefficient (Wildman–Crippen LogP) is 5.77. The zero-order valence-corrected chi connectivity index (χ0v) is 18.6. The van der Waals surface area contributed by atoms with Gasteiger partial charge in [-0.3, -0.25) is 0 Å². The molecular formula is C20H34N4OS. The Morgan fingerprint density at radius 3 is 2.04 bits per heavy atom. The molecule has 0 aliphatic heterocycles. The summed E-state index contributed by atoms with van der Waals surface area (Å²) in [6.07, 6.45) is 2.95. The summed E-state index contributed by atoms with van der Waals surface area (Å²) in [6.45, 7) is 19.5. The van der Waals surface area contributed by atoms with Crippen LogP contribution in [0.2, 0.25) is 0 Å². The first kappa shape index (κ1) is 21.0. The summed E-state index contributed by atoms with van der Waals surface area (Å²) in [7, 11) is 0. The van der Waals surface area contributed by atoms with Crippen molar-refractivity contribution in [2.75, 3.05) is 0 Å². The molecule has 2 rings (SSSR count). The van der Waals surface area contributed by atoms with Gasteiger partial charge in [-0.1, -0.05) is 62.3 Å². The van der Waals surface area contributed by atoms with E-state index in [1.807, 2.05) is 0 Å². The van der Waals surface area contributed by atoms with Crippen molar-refractivity contribution < 1.29 is 4.42 Å². The summed E-state index contributed by atoms with van der Waals surface area (Å²) in [5, 5.41) is 9.77. The van der Waals surface area contributed by atoms with Crippen LogP contribution in [-0.2, 0) is 16.2 Å². The third kappa shape index (κ3) is 4.70. The van der Waals surface area contributed by atoms with E-state index in [1.165, 1.54) is 11.5 Å². The molecule has 0 N–H and O–H groups in total. The van der Waals surface area contributed by atoms with E-state index < -0.39 is 0 Å². The minimum Gasteiger partial charge on any atom is -0.424 e. The van der Waals surface area contributed by atoms with Gasteiger partial charge in [-0.15, -0.1) is 10.2 Å². The fourth-order valence-corrected chi connectivity index (χ4v) is 3.39. The van der Waals surface area contributed by atoms with E-state index in [4.69, 9.17) is 9.40 Å². The Bertz CT molecular complexity index is 724. The summed E-state index contributed by atoms with van der Waals surface area (Å²) in [6, 6.07) is 0. The van der Waals surface area contributed by atoms with Gasteiger partial charge in [0.1, 0.15) is 10.8 Å². The van der Waals surface area contributed by atoms with Crippen molar-refractivity contribution >= 4 is 11.5 Å². The maximum Gasteiger partial charge on any atom is 0.222 e. The normalized spacial score (nSPS) is 14.7. The van der Waals surface area contributed by atoms with Gasteiger partial charge in [0.15, 0.2) is 0 Å². The van der Waals surface area contributed by atoms with Crippen LogP contribution < -0.4 is 0 Å². The second kappa shape index (κ2) is 7.37. The van der Waals surface area contributed by atoms with Crippen LogP contribution in [0.3, 0.4) is 0 Å². The Labute approximate surface area is 162 Å². The quantitative estimate of drug-likeness (QED) is 0.612. The molecule has 0 saturated heterocycles. The molecule has 0 amide bonds. The number of hydrogen-bond acceptors (Lipinski definition) is 6. The number of rotatable bonds is 7.